The van der Waals surface area contributed by atoms with Gasteiger partial charge in [0, 0.05) is 22.7 Å². The maximum atomic E-state index is 13.1. The van der Waals surface area contributed by atoms with Crippen molar-refractivity contribution in [2.24, 2.45) is 0 Å². The van der Waals surface area contributed by atoms with E-state index in [9.17, 15) is 4.79 Å². The van der Waals surface area contributed by atoms with Crippen LogP contribution in [0, 0.1) is 0 Å². The van der Waals surface area contributed by atoms with Crippen LogP contribution in [0.25, 0.3) is 22.2 Å². The van der Waals surface area contributed by atoms with E-state index in [0.29, 0.717) is 11.3 Å². The molecule has 5 nitrogen and oxygen atoms in total. The van der Waals surface area contributed by atoms with Gasteiger partial charge in [0.25, 0.3) is 5.91 Å². The number of nitrogens with one attached hydrogen (secondary N) is 2. The minimum atomic E-state index is -0.300. The third kappa shape index (κ3) is 4.29. The predicted octanol–water partition coefficient (Wildman–Crippen LogP) is 5.04. The second-order valence-electron chi connectivity index (χ2n) is 6.58. The summed E-state index contributed by atoms with van der Waals surface area (Å²) in [5.41, 5.74) is 3.65. The standard InChI is InChI=1S/C24H19N3O2S/c1-29-18-11-7-10-17(14-18)25-24(30)27-23(28)20-15-22(16-8-3-2-4-9-16)26-21-13-6-5-12-19(20)21/h2-15H,1H3,(H2,25,27,28,30). The SMILES string of the molecule is COc1cccc(NC(=S)NC(=O)c2cc(-c3ccccc3)nc3ccccc23)c1. The summed E-state index contributed by atoms with van der Waals surface area (Å²) in [5.74, 6) is 0.396. The summed E-state index contributed by atoms with van der Waals surface area (Å²) in [6.45, 7) is 0. The van der Waals surface area contributed by atoms with Crippen molar-refractivity contribution in [1.82, 2.24) is 10.3 Å². The van der Waals surface area contributed by atoms with Crippen molar-refractivity contribution >= 4 is 39.8 Å². The Labute approximate surface area is 179 Å². The number of rotatable bonds is 4. The molecule has 3 aromatic carbocycles. The molecule has 0 bridgehead atoms. The average molecular weight is 414 g/mol. The van der Waals surface area contributed by atoms with Gasteiger partial charge in [0.1, 0.15) is 5.75 Å². The van der Waals surface area contributed by atoms with Crippen molar-refractivity contribution < 1.29 is 9.53 Å². The van der Waals surface area contributed by atoms with E-state index in [1.807, 2.05) is 72.8 Å². The van der Waals surface area contributed by atoms with E-state index in [0.717, 1.165) is 27.8 Å². The van der Waals surface area contributed by atoms with Gasteiger partial charge in [-0.2, -0.15) is 0 Å². The molecular formula is C24H19N3O2S. The molecule has 0 aliphatic carbocycles. The number of hydrogen-bond acceptors (Lipinski definition) is 4. The molecule has 0 aliphatic rings. The number of hydrogen-bond donors (Lipinski definition) is 2. The Morgan fingerprint density at radius 2 is 1.70 bits per heavy atom. The molecule has 30 heavy (non-hydrogen) atoms. The summed E-state index contributed by atoms with van der Waals surface area (Å²) in [5, 5.41) is 6.75. The summed E-state index contributed by atoms with van der Waals surface area (Å²) < 4.78 is 5.21. The van der Waals surface area contributed by atoms with Crippen molar-refractivity contribution in [2.45, 2.75) is 0 Å². The lowest BCUT2D eigenvalue weighted by molar-refractivity contribution is 0.0979. The van der Waals surface area contributed by atoms with Crippen molar-refractivity contribution in [3.63, 3.8) is 0 Å². The molecule has 0 saturated carbocycles. The first-order chi connectivity index (χ1) is 14.6. The van der Waals surface area contributed by atoms with E-state index < -0.39 is 0 Å². The quantitative estimate of drug-likeness (QED) is 0.459. The normalized spacial score (nSPS) is 10.4. The molecule has 0 radical (unpaired) electrons. The molecule has 2 N–H and O–H groups in total. The van der Waals surface area contributed by atoms with Crippen LogP contribution in [0.4, 0.5) is 5.69 Å². The zero-order valence-electron chi connectivity index (χ0n) is 16.3. The van der Waals surface area contributed by atoms with E-state index in [1.165, 1.54) is 0 Å². The maximum Gasteiger partial charge on any atom is 0.258 e. The largest absolute Gasteiger partial charge is 0.497 e. The highest BCUT2D eigenvalue weighted by molar-refractivity contribution is 7.80. The second kappa shape index (κ2) is 8.71. The Bertz CT molecular complexity index is 1230. The molecule has 0 fully saturated rings. The minimum Gasteiger partial charge on any atom is -0.497 e. The average Bonchev–Trinajstić information content (AvgIpc) is 2.79. The molecule has 0 unspecified atom stereocenters. The monoisotopic (exact) mass is 413 g/mol. The third-order valence-electron chi connectivity index (χ3n) is 4.59. The van der Waals surface area contributed by atoms with Crippen LogP contribution in [0.15, 0.2) is 84.9 Å². The third-order valence-corrected chi connectivity index (χ3v) is 4.79. The van der Waals surface area contributed by atoms with Gasteiger partial charge in [-0.1, -0.05) is 54.6 Å². The Hall–Kier alpha value is -3.77. The van der Waals surface area contributed by atoms with Crippen LogP contribution in [-0.4, -0.2) is 23.1 Å². The molecular weight excluding hydrogens is 394 g/mol. The number of benzene rings is 3. The summed E-state index contributed by atoms with van der Waals surface area (Å²) in [6, 6.07) is 26.4. The number of aromatic nitrogens is 1. The molecule has 1 aromatic heterocycles. The van der Waals surface area contributed by atoms with Gasteiger partial charge in [-0.25, -0.2) is 4.98 Å². The topological polar surface area (TPSA) is 63.2 Å². The minimum absolute atomic E-state index is 0.204. The number of thiocarbonyl (C=S) groups is 1. The number of para-hydroxylation sites is 1. The van der Waals surface area contributed by atoms with Gasteiger partial charge in [-0.3, -0.25) is 10.1 Å². The molecule has 0 saturated heterocycles. The fraction of sp³-hybridized carbons (Fsp3) is 0.0417. The Kier molecular flexibility index (Phi) is 5.68. The first-order valence-corrected chi connectivity index (χ1v) is 9.76. The van der Waals surface area contributed by atoms with Gasteiger partial charge in [0.05, 0.1) is 23.9 Å². The van der Waals surface area contributed by atoms with Gasteiger partial charge in [-0.05, 0) is 36.5 Å². The molecule has 0 spiro atoms. The molecule has 0 aliphatic heterocycles. The van der Waals surface area contributed by atoms with Crippen molar-refractivity contribution in [3.8, 4) is 17.0 Å². The van der Waals surface area contributed by atoms with E-state index >= 15 is 0 Å². The lowest BCUT2D eigenvalue weighted by Gasteiger charge is -2.13. The molecule has 4 rings (SSSR count). The zero-order valence-corrected chi connectivity index (χ0v) is 17.1. The summed E-state index contributed by atoms with van der Waals surface area (Å²) in [4.78, 5) is 17.8. The van der Waals surface area contributed by atoms with E-state index in [1.54, 1.807) is 19.2 Å². The van der Waals surface area contributed by atoms with Crippen molar-refractivity contribution in [3.05, 3.63) is 90.5 Å². The maximum absolute atomic E-state index is 13.1. The van der Waals surface area contributed by atoms with E-state index in [4.69, 9.17) is 21.9 Å². The number of amides is 1. The highest BCUT2D eigenvalue weighted by atomic mass is 32.1. The van der Waals surface area contributed by atoms with Gasteiger partial charge >= 0.3 is 0 Å². The number of methoxy groups -OCH3 is 1. The summed E-state index contributed by atoms with van der Waals surface area (Å²) >= 11 is 5.34. The summed E-state index contributed by atoms with van der Waals surface area (Å²) in [6.07, 6.45) is 0. The van der Waals surface area contributed by atoms with Gasteiger partial charge < -0.3 is 10.1 Å². The first kappa shape index (κ1) is 19.5. The van der Waals surface area contributed by atoms with Gasteiger partial charge in [0.2, 0.25) is 0 Å². The van der Waals surface area contributed by atoms with Crippen molar-refractivity contribution in [2.75, 3.05) is 12.4 Å². The highest BCUT2D eigenvalue weighted by Crippen LogP contribution is 2.25. The molecule has 148 valence electrons. The number of anilines is 1. The number of carbonyl (C=O) groups excluding carboxylic acids is 1. The van der Waals surface area contributed by atoms with E-state index in [2.05, 4.69) is 10.6 Å². The van der Waals surface area contributed by atoms with Crippen LogP contribution in [0.2, 0.25) is 0 Å². The zero-order chi connectivity index (χ0) is 20.9. The fourth-order valence-electron chi connectivity index (χ4n) is 3.15. The Balaban J connectivity index is 1.63. The Morgan fingerprint density at radius 1 is 0.933 bits per heavy atom. The van der Waals surface area contributed by atoms with Gasteiger partial charge in [0.15, 0.2) is 5.11 Å². The number of carbonyl (C=O) groups is 1. The molecule has 1 heterocycles. The van der Waals surface area contributed by atoms with Crippen molar-refractivity contribution in [1.29, 1.82) is 0 Å². The van der Waals surface area contributed by atoms with Crippen LogP contribution in [0.1, 0.15) is 10.4 Å². The number of nitrogens with zero attached hydrogens (tertiary/aromatic N) is 1. The fourth-order valence-corrected chi connectivity index (χ4v) is 3.36. The molecule has 6 heteroatoms. The smallest absolute Gasteiger partial charge is 0.258 e. The van der Waals surface area contributed by atoms with Crippen LogP contribution < -0.4 is 15.4 Å². The summed E-state index contributed by atoms with van der Waals surface area (Å²) in [7, 11) is 1.60. The van der Waals surface area contributed by atoms with Crippen LogP contribution in [0.5, 0.6) is 5.75 Å². The molecule has 0 atom stereocenters. The molecule has 1 amide bonds. The van der Waals surface area contributed by atoms with Crippen LogP contribution >= 0.6 is 12.2 Å². The number of fused-ring (bicyclic) bond motifs is 1. The highest BCUT2D eigenvalue weighted by Gasteiger charge is 2.15. The lowest BCUT2D eigenvalue weighted by Crippen LogP contribution is -2.34. The van der Waals surface area contributed by atoms with Crippen LogP contribution in [0.3, 0.4) is 0 Å². The lowest BCUT2D eigenvalue weighted by atomic mass is 10.0. The predicted molar refractivity (Wildman–Crippen MR) is 124 cm³/mol. The number of pyridine rings is 1. The second-order valence-corrected chi connectivity index (χ2v) is 6.99. The first-order valence-electron chi connectivity index (χ1n) is 9.35. The van der Waals surface area contributed by atoms with E-state index in [-0.39, 0.29) is 11.0 Å². The van der Waals surface area contributed by atoms with Gasteiger partial charge in [-0.15, -0.1) is 0 Å². The molecule has 4 aromatic rings. The Morgan fingerprint density at radius 3 is 2.50 bits per heavy atom. The number of ether oxygens (including phenoxy) is 1. The van der Waals surface area contributed by atoms with Crippen LogP contribution in [-0.2, 0) is 0 Å².